The Morgan fingerprint density at radius 1 is 1.29 bits per heavy atom. The van der Waals surface area contributed by atoms with Crippen LogP contribution in [0, 0.1) is 19.3 Å². The SMILES string of the molecule is CCOc1cc(C)c(C(=O)C2(C)CC2)cc1C. The smallest absolute Gasteiger partial charge is 0.169 e. The summed E-state index contributed by atoms with van der Waals surface area (Å²) in [5.74, 6) is 1.18. The molecule has 2 rings (SSSR count). The molecule has 2 heteroatoms. The highest BCUT2D eigenvalue weighted by Gasteiger charge is 2.45. The van der Waals surface area contributed by atoms with Crippen LogP contribution in [-0.2, 0) is 0 Å². The van der Waals surface area contributed by atoms with Crippen molar-refractivity contribution in [1.82, 2.24) is 0 Å². The lowest BCUT2D eigenvalue weighted by atomic mass is 9.92. The Kier molecular flexibility index (Phi) is 2.98. The van der Waals surface area contributed by atoms with E-state index in [0.717, 1.165) is 35.3 Å². The highest BCUT2D eigenvalue weighted by Crippen LogP contribution is 2.48. The van der Waals surface area contributed by atoms with Crippen molar-refractivity contribution in [2.75, 3.05) is 6.61 Å². The number of carbonyl (C=O) groups is 1. The van der Waals surface area contributed by atoms with Crippen LogP contribution in [0.2, 0.25) is 0 Å². The van der Waals surface area contributed by atoms with Gasteiger partial charge in [0.05, 0.1) is 6.61 Å². The van der Waals surface area contributed by atoms with Gasteiger partial charge in [0.2, 0.25) is 0 Å². The number of hydrogen-bond donors (Lipinski definition) is 0. The molecule has 17 heavy (non-hydrogen) atoms. The van der Waals surface area contributed by atoms with Crippen LogP contribution in [0.3, 0.4) is 0 Å². The molecule has 1 fully saturated rings. The van der Waals surface area contributed by atoms with Gasteiger partial charge >= 0.3 is 0 Å². The lowest BCUT2D eigenvalue weighted by Gasteiger charge is -2.14. The second-order valence-corrected chi connectivity index (χ2v) is 5.26. The molecule has 1 aromatic rings. The third kappa shape index (κ3) is 2.21. The summed E-state index contributed by atoms with van der Waals surface area (Å²) in [5.41, 5.74) is 2.85. The zero-order chi connectivity index (χ0) is 12.6. The zero-order valence-corrected chi connectivity index (χ0v) is 11.1. The number of Topliss-reactive ketones (excluding diaryl/α,β-unsaturated/α-hetero) is 1. The minimum Gasteiger partial charge on any atom is -0.494 e. The third-order valence-corrected chi connectivity index (χ3v) is 3.61. The number of ketones is 1. The zero-order valence-electron chi connectivity index (χ0n) is 11.1. The van der Waals surface area contributed by atoms with Gasteiger partial charge in [0, 0.05) is 11.0 Å². The molecule has 0 spiro atoms. The molecule has 0 heterocycles. The summed E-state index contributed by atoms with van der Waals surface area (Å²) in [6.07, 6.45) is 2.05. The summed E-state index contributed by atoms with van der Waals surface area (Å²) < 4.78 is 5.54. The average Bonchev–Trinajstić information content (AvgIpc) is 3.02. The number of aryl methyl sites for hydroxylation is 2. The molecule has 0 radical (unpaired) electrons. The predicted octanol–water partition coefficient (Wildman–Crippen LogP) is 3.68. The lowest BCUT2D eigenvalue weighted by molar-refractivity contribution is 0.0912. The number of ether oxygens (including phenoxy) is 1. The Bertz CT molecular complexity index is 456. The van der Waals surface area contributed by atoms with Crippen LogP contribution in [0.5, 0.6) is 5.75 Å². The predicted molar refractivity (Wildman–Crippen MR) is 68.8 cm³/mol. The highest BCUT2D eigenvalue weighted by atomic mass is 16.5. The maximum atomic E-state index is 12.3. The topological polar surface area (TPSA) is 26.3 Å². The molecular weight excluding hydrogens is 212 g/mol. The van der Waals surface area contributed by atoms with Crippen molar-refractivity contribution in [2.45, 2.75) is 40.5 Å². The molecule has 92 valence electrons. The van der Waals surface area contributed by atoms with Gasteiger partial charge in [-0.3, -0.25) is 4.79 Å². The van der Waals surface area contributed by atoms with Gasteiger partial charge in [0.15, 0.2) is 5.78 Å². The van der Waals surface area contributed by atoms with Crippen LogP contribution in [-0.4, -0.2) is 12.4 Å². The molecule has 0 N–H and O–H groups in total. The maximum Gasteiger partial charge on any atom is 0.169 e. The van der Waals surface area contributed by atoms with Crippen LogP contribution in [0.1, 0.15) is 48.2 Å². The molecule has 1 aliphatic carbocycles. The van der Waals surface area contributed by atoms with Crippen molar-refractivity contribution in [3.05, 3.63) is 28.8 Å². The molecular formula is C15H20O2. The van der Waals surface area contributed by atoms with Crippen LogP contribution < -0.4 is 4.74 Å². The van der Waals surface area contributed by atoms with Crippen molar-refractivity contribution < 1.29 is 9.53 Å². The van der Waals surface area contributed by atoms with Gasteiger partial charge in [-0.2, -0.15) is 0 Å². The Morgan fingerprint density at radius 2 is 1.94 bits per heavy atom. The van der Waals surface area contributed by atoms with Gasteiger partial charge < -0.3 is 4.74 Å². The van der Waals surface area contributed by atoms with E-state index in [9.17, 15) is 4.79 Å². The van der Waals surface area contributed by atoms with E-state index in [-0.39, 0.29) is 5.41 Å². The third-order valence-electron chi connectivity index (χ3n) is 3.61. The lowest BCUT2D eigenvalue weighted by Crippen LogP contribution is -2.14. The van der Waals surface area contributed by atoms with E-state index < -0.39 is 0 Å². The van der Waals surface area contributed by atoms with E-state index in [0.29, 0.717) is 12.4 Å². The molecule has 1 saturated carbocycles. The second kappa shape index (κ2) is 4.17. The van der Waals surface area contributed by atoms with Gasteiger partial charge in [-0.15, -0.1) is 0 Å². The first-order valence-electron chi connectivity index (χ1n) is 6.27. The van der Waals surface area contributed by atoms with Crippen LogP contribution in [0.4, 0.5) is 0 Å². The fourth-order valence-electron chi connectivity index (χ4n) is 2.09. The van der Waals surface area contributed by atoms with Crippen molar-refractivity contribution in [3.63, 3.8) is 0 Å². The molecule has 0 unspecified atom stereocenters. The minimum atomic E-state index is -0.0929. The standard InChI is InChI=1S/C15H20O2/c1-5-17-13-9-10(2)12(8-11(13)3)14(16)15(4)6-7-15/h8-9H,5-7H2,1-4H3. The number of carbonyl (C=O) groups excluding carboxylic acids is 1. The number of benzene rings is 1. The van der Waals surface area contributed by atoms with Gasteiger partial charge in [0.1, 0.15) is 5.75 Å². The van der Waals surface area contributed by atoms with E-state index in [1.807, 2.05) is 32.9 Å². The summed E-state index contributed by atoms with van der Waals surface area (Å²) in [6, 6.07) is 3.96. The molecule has 0 bridgehead atoms. The Labute approximate surface area is 103 Å². The molecule has 0 atom stereocenters. The molecule has 2 nitrogen and oxygen atoms in total. The van der Waals surface area contributed by atoms with Crippen LogP contribution >= 0.6 is 0 Å². The summed E-state index contributed by atoms with van der Waals surface area (Å²) in [4.78, 5) is 12.3. The first-order chi connectivity index (χ1) is 7.98. The van der Waals surface area contributed by atoms with Crippen LogP contribution in [0.25, 0.3) is 0 Å². The van der Waals surface area contributed by atoms with E-state index >= 15 is 0 Å². The monoisotopic (exact) mass is 232 g/mol. The highest BCUT2D eigenvalue weighted by molar-refractivity contribution is 6.03. The number of rotatable bonds is 4. The summed E-state index contributed by atoms with van der Waals surface area (Å²) in [7, 11) is 0. The van der Waals surface area contributed by atoms with Crippen LogP contribution in [0.15, 0.2) is 12.1 Å². The molecule has 0 amide bonds. The van der Waals surface area contributed by atoms with Gasteiger partial charge in [-0.1, -0.05) is 6.92 Å². The van der Waals surface area contributed by atoms with Gasteiger partial charge in [0.25, 0.3) is 0 Å². The van der Waals surface area contributed by atoms with Gasteiger partial charge in [-0.25, -0.2) is 0 Å². The Hall–Kier alpha value is -1.31. The molecule has 0 saturated heterocycles. The normalized spacial score (nSPS) is 16.7. The van der Waals surface area contributed by atoms with Crippen molar-refractivity contribution in [1.29, 1.82) is 0 Å². The molecule has 1 aliphatic rings. The minimum absolute atomic E-state index is 0.0929. The van der Waals surface area contributed by atoms with Gasteiger partial charge in [-0.05, 0) is 56.9 Å². The van der Waals surface area contributed by atoms with Crippen molar-refractivity contribution >= 4 is 5.78 Å². The van der Waals surface area contributed by atoms with E-state index in [1.165, 1.54) is 0 Å². The number of hydrogen-bond acceptors (Lipinski definition) is 2. The largest absolute Gasteiger partial charge is 0.494 e. The van der Waals surface area contributed by atoms with E-state index in [2.05, 4.69) is 6.92 Å². The summed E-state index contributed by atoms with van der Waals surface area (Å²) in [6.45, 7) is 8.67. The first kappa shape index (κ1) is 12.2. The Morgan fingerprint density at radius 3 is 2.47 bits per heavy atom. The second-order valence-electron chi connectivity index (χ2n) is 5.26. The van der Waals surface area contributed by atoms with E-state index in [1.54, 1.807) is 0 Å². The van der Waals surface area contributed by atoms with E-state index in [4.69, 9.17) is 4.74 Å². The fraction of sp³-hybridized carbons (Fsp3) is 0.533. The van der Waals surface area contributed by atoms with Crippen molar-refractivity contribution in [3.8, 4) is 5.75 Å². The summed E-state index contributed by atoms with van der Waals surface area (Å²) in [5, 5.41) is 0. The molecule has 0 aliphatic heterocycles. The average molecular weight is 232 g/mol. The summed E-state index contributed by atoms with van der Waals surface area (Å²) >= 11 is 0. The maximum absolute atomic E-state index is 12.3. The molecule has 0 aromatic heterocycles. The fourth-order valence-corrected chi connectivity index (χ4v) is 2.09. The molecule has 1 aromatic carbocycles. The quantitative estimate of drug-likeness (QED) is 0.740. The first-order valence-corrected chi connectivity index (χ1v) is 6.27. The Balaban J connectivity index is 2.36. The van der Waals surface area contributed by atoms with Crippen molar-refractivity contribution in [2.24, 2.45) is 5.41 Å².